The fourth-order valence-corrected chi connectivity index (χ4v) is 3.34. The average Bonchev–Trinajstić information content (AvgIpc) is 2.59. The molecule has 0 aromatic heterocycles. The lowest BCUT2D eigenvalue weighted by atomic mass is 9.75. The Morgan fingerprint density at radius 1 is 1.24 bits per heavy atom. The van der Waals surface area contributed by atoms with Crippen LogP contribution in [0.25, 0.3) is 0 Å². The minimum atomic E-state index is -0.598. The molecule has 3 atom stereocenters. The van der Waals surface area contributed by atoms with Crippen molar-refractivity contribution >= 4 is 11.9 Å². The summed E-state index contributed by atoms with van der Waals surface area (Å²) in [6.07, 6.45) is 2.97. The Morgan fingerprint density at radius 2 is 1.92 bits per heavy atom. The van der Waals surface area contributed by atoms with Crippen molar-refractivity contribution in [1.82, 2.24) is 0 Å². The zero-order chi connectivity index (χ0) is 18.4. The van der Waals surface area contributed by atoms with Gasteiger partial charge in [-0.2, -0.15) is 5.26 Å². The van der Waals surface area contributed by atoms with Crippen molar-refractivity contribution in [1.29, 1.82) is 5.26 Å². The molecule has 1 aromatic carbocycles. The van der Waals surface area contributed by atoms with Gasteiger partial charge in [0.2, 0.25) is 0 Å². The van der Waals surface area contributed by atoms with Gasteiger partial charge < -0.3 is 9.47 Å². The Morgan fingerprint density at radius 3 is 2.52 bits per heavy atom. The summed E-state index contributed by atoms with van der Waals surface area (Å²) in [5, 5.41) is 8.75. The van der Waals surface area contributed by atoms with Gasteiger partial charge in [0.25, 0.3) is 0 Å². The summed E-state index contributed by atoms with van der Waals surface area (Å²) in [5.41, 5.74) is 0.764. The van der Waals surface area contributed by atoms with E-state index < -0.39 is 18.5 Å². The van der Waals surface area contributed by atoms with Gasteiger partial charge in [0.05, 0.1) is 17.2 Å². The molecule has 134 valence electrons. The summed E-state index contributed by atoms with van der Waals surface area (Å²) in [6.45, 7) is 6.07. The fourth-order valence-electron chi connectivity index (χ4n) is 3.34. The maximum atomic E-state index is 12.1. The molecule has 1 fully saturated rings. The van der Waals surface area contributed by atoms with E-state index in [4.69, 9.17) is 14.7 Å². The van der Waals surface area contributed by atoms with E-state index >= 15 is 0 Å². The van der Waals surface area contributed by atoms with Gasteiger partial charge in [-0.25, -0.2) is 9.59 Å². The van der Waals surface area contributed by atoms with E-state index in [1.165, 1.54) is 24.3 Å². The molecule has 5 nitrogen and oxygen atoms in total. The van der Waals surface area contributed by atoms with Crippen LogP contribution in [0.1, 0.15) is 56.0 Å². The lowest BCUT2D eigenvalue weighted by Gasteiger charge is -2.36. The summed E-state index contributed by atoms with van der Waals surface area (Å²) in [5.74, 6) is 0.237. The molecule has 1 aliphatic carbocycles. The number of carbonyl (C=O) groups excluding carboxylic acids is 2. The van der Waals surface area contributed by atoms with E-state index in [2.05, 4.69) is 20.8 Å². The zero-order valence-corrected chi connectivity index (χ0v) is 15.0. The molecule has 0 heterocycles. The van der Waals surface area contributed by atoms with Gasteiger partial charge in [-0.15, -0.1) is 0 Å². The summed E-state index contributed by atoms with van der Waals surface area (Å²) >= 11 is 0. The number of nitriles is 1. The first kappa shape index (κ1) is 19.0. The van der Waals surface area contributed by atoms with E-state index in [0.29, 0.717) is 28.9 Å². The smallest absolute Gasteiger partial charge is 0.344 e. The molecule has 2 rings (SSSR count). The molecule has 5 heteroatoms. The van der Waals surface area contributed by atoms with Crippen LogP contribution in [0.3, 0.4) is 0 Å². The predicted octanol–water partition coefficient (Wildman–Crippen LogP) is 3.72. The monoisotopic (exact) mass is 343 g/mol. The number of ether oxygens (including phenoxy) is 2. The van der Waals surface area contributed by atoms with Crippen LogP contribution >= 0.6 is 0 Å². The van der Waals surface area contributed by atoms with E-state index in [1.807, 2.05) is 6.07 Å². The molecule has 0 amide bonds. The first-order valence-corrected chi connectivity index (χ1v) is 8.77. The van der Waals surface area contributed by atoms with E-state index in [1.54, 1.807) is 0 Å². The number of hydrogen-bond acceptors (Lipinski definition) is 5. The van der Waals surface area contributed by atoms with Crippen molar-refractivity contribution in [2.24, 2.45) is 17.8 Å². The van der Waals surface area contributed by atoms with Gasteiger partial charge in [0.15, 0.2) is 6.61 Å². The Kier molecular flexibility index (Phi) is 6.58. The highest BCUT2D eigenvalue weighted by Crippen LogP contribution is 2.35. The van der Waals surface area contributed by atoms with Gasteiger partial charge in [-0.1, -0.05) is 27.2 Å². The highest BCUT2D eigenvalue weighted by atomic mass is 16.6. The average molecular weight is 343 g/mol. The van der Waals surface area contributed by atoms with Gasteiger partial charge in [-0.05, 0) is 54.9 Å². The number of rotatable bonds is 5. The number of esters is 2. The van der Waals surface area contributed by atoms with E-state index in [-0.39, 0.29) is 6.10 Å². The first-order valence-electron chi connectivity index (χ1n) is 8.77. The van der Waals surface area contributed by atoms with Crippen molar-refractivity contribution in [3.8, 4) is 6.07 Å². The molecule has 0 N–H and O–H groups in total. The molecular weight excluding hydrogens is 318 g/mol. The van der Waals surface area contributed by atoms with Gasteiger partial charge >= 0.3 is 11.9 Å². The summed E-state index contributed by atoms with van der Waals surface area (Å²) in [6, 6.07) is 8.05. The number of nitrogens with zero attached hydrogens (tertiary/aromatic N) is 1. The Bertz CT molecular complexity index is 645. The maximum Gasteiger partial charge on any atom is 0.344 e. The van der Waals surface area contributed by atoms with Crippen molar-refractivity contribution in [2.75, 3.05) is 6.61 Å². The van der Waals surface area contributed by atoms with Crippen LogP contribution in [0.2, 0.25) is 0 Å². The quantitative estimate of drug-likeness (QED) is 0.762. The first-order chi connectivity index (χ1) is 11.9. The van der Waals surface area contributed by atoms with Crippen molar-refractivity contribution < 1.29 is 19.1 Å². The predicted molar refractivity (Wildman–Crippen MR) is 92.7 cm³/mol. The second kappa shape index (κ2) is 8.66. The lowest BCUT2D eigenvalue weighted by Crippen LogP contribution is -2.36. The van der Waals surface area contributed by atoms with Crippen LogP contribution in [0.15, 0.2) is 24.3 Å². The third-order valence-corrected chi connectivity index (χ3v) is 4.81. The molecular formula is C20H25NO4. The molecule has 0 saturated heterocycles. The maximum absolute atomic E-state index is 12.1. The van der Waals surface area contributed by atoms with Crippen LogP contribution in [-0.2, 0) is 14.3 Å². The fraction of sp³-hybridized carbons (Fsp3) is 0.550. The number of benzene rings is 1. The second-order valence-electron chi connectivity index (χ2n) is 7.12. The molecule has 1 aromatic rings. The molecule has 0 radical (unpaired) electrons. The highest BCUT2D eigenvalue weighted by molar-refractivity contribution is 5.90. The summed E-state index contributed by atoms with van der Waals surface area (Å²) in [4.78, 5) is 24.0. The normalized spacial score (nSPS) is 22.9. The molecule has 25 heavy (non-hydrogen) atoms. The molecule has 0 unspecified atom stereocenters. The Balaban J connectivity index is 1.86. The van der Waals surface area contributed by atoms with Crippen LogP contribution in [0.5, 0.6) is 0 Å². The largest absolute Gasteiger partial charge is 0.460 e. The Hall–Kier alpha value is -2.35. The van der Waals surface area contributed by atoms with Crippen LogP contribution in [0.4, 0.5) is 0 Å². The van der Waals surface area contributed by atoms with Crippen molar-refractivity contribution in [3.63, 3.8) is 0 Å². The van der Waals surface area contributed by atoms with Crippen LogP contribution < -0.4 is 0 Å². The standard InChI is InChI=1S/C20H25NO4/c1-13(2)17-9-4-14(3)10-18(17)25-19(22)12-24-20(23)16-7-5-15(11-21)6-8-16/h5-8,13-14,17-18H,4,9-10,12H2,1-3H3/t14-,17+,18-/m1/s1. The second-order valence-corrected chi connectivity index (χ2v) is 7.12. The summed E-state index contributed by atoms with van der Waals surface area (Å²) < 4.78 is 10.6. The highest BCUT2D eigenvalue weighted by Gasteiger charge is 2.33. The third kappa shape index (κ3) is 5.32. The minimum absolute atomic E-state index is 0.107. The number of hydrogen-bond donors (Lipinski definition) is 0. The van der Waals surface area contributed by atoms with Gasteiger partial charge in [0, 0.05) is 0 Å². The zero-order valence-electron chi connectivity index (χ0n) is 15.0. The lowest BCUT2D eigenvalue weighted by molar-refractivity contribution is -0.159. The van der Waals surface area contributed by atoms with Crippen molar-refractivity contribution in [3.05, 3.63) is 35.4 Å². The molecule has 0 bridgehead atoms. The van der Waals surface area contributed by atoms with E-state index in [0.717, 1.165) is 19.3 Å². The summed E-state index contributed by atoms with van der Waals surface area (Å²) in [7, 11) is 0. The Labute approximate surface area is 148 Å². The van der Waals surface area contributed by atoms with Crippen LogP contribution in [-0.4, -0.2) is 24.6 Å². The minimum Gasteiger partial charge on any atom is -0.460 e. The van der Waals surface area contributed by atoms with Gasteiger partial charge in [-0.3, -0.25) is 0 Å². The van der Waals surface area contributed by atoms with Crippen LogP contribution in [0, 0.1) is 29.1 Å². The molecule has 1 saturated carbocycles. The van der Waals surface area contributed by atoms with Crippen molar-refractivity contribution in [2.45, 2.75) is 46.1 Å². The van der Waals surface area contributed by atoms with E-state index in [9.17, 15) is 9.59 Å². The molecule has 0 aliphatic heterocycles. The van der Waals surface area contributed by atoms with Gasteiger partial charge in [0.1, 0.15) is 6.10 Å². The number of carbonyl (C=O) groups is 2. The molecule has 1 aliphatic rings. The molecule has 0 spiro atoms. The third-order valence-electron chi connectivity index (χ3n) is 4.81. The SMILES string of the molecule is CC(C)[C@@H]1CC[C@@H](C)C[C@H]1OC(=O)COC(=O)c1ccc(C#N)cc1. The topological polar surface area (TPSA) is 76.4 Å².